The first-order valence-corrected chi connectivity index (χ1v) is 11.7. The monoisotopic (exact) mass is 406 g/mol. The van der Waals surface area contributed by atoms with Crippen LogP contribution in [0, 0.1) is 6.92 Å². The zero-order chi connectivity index (χ0) is 19.9. The predicted molar refractivity (Wildman–Crippen MR) is 112 cm³/mol. The van der Waals surface area contributed by atoms with E-state index in [1.807, 2.05) is 6.07 Å². The van der Waals surface area contributed by atoms with Gasteiger partial charge in [0.1, 0.15) is 6.04 Å². The Morgan fingerprint density at radius 2 is 1.74 bits per heavy atom. The van der Waals surface area contributed by atoms with Gasteiger partial charge in [0.25, 0.3) is 0 Å². The summed E-state index contributed by atoms with van der Waals surface area (Å²) in [6, 6.07) is 16.5. The molecule has 0 spiro atoms. The predicted octanol–water partition coefficient (Wildman–Crippen LogP) is 2.98. The molecule has 2 rings (SSSR count). The molecule has 0 fully saturated rings. The molecule has 5 nitrogen and oxygen atoms in total. The van der Waals surface area contributed by atoms with Crippen LogP contribution in [-0.2, 0) is 20.6 Å². The van der Waals surface area contributed by atoms with Crippen molar-refractivity contribution in [3.8, 4) is 0 Å². The number of sulfonamides is 1. The largest absolute Gasteiger partial charge is 0.354 e. The number of likely N-dealkylation sites (N-methyl/N-ethyl adjacent to an activating group) is 1. The molecule has 0 unspecified atom stereocenters. The number of amides is 1. The van der Waals surface area contributed by atoms with Crippen LogP contribution in [0.2, 0.25) is 0 Å². The maximum absolute atomic E-state index is 12.7. The summed E-state index contributed by atoms with van der Waals surface area (Å²) < 4.78 is 25.0. The Bertz CT molecular complexity index is 837. The van der Waals surface area contributed by atoms with Crippen LogP contribution in [0.5, 0.6) is 0 Å². The summed E-state index contributed by atoms with van der Waals surface area (Å²) in [6.07, 6.45) is 1.10. The summed E-state index contributed by atoms with van der Waals surface area (Å²) in [5.41, 5.74) is 3.13. The number of hydrogen-bond acceptors (Lipinski definition) is 4. The number of carbonyl (C=O) groups is 1. The zero-order valence-corrected chi connectivity index (χ0v) is 17.5. The lowest BCUT2D eigenvalue weighted by Gasteiger charge is -2.25. The second-order valence-electron chi connectivity index (χ2n) is 6.42. The van der Waals surface area contributed by atoms with Crippen LogP contribution in [0.1, 0.15) is 22.7 Å². The van der Waals surface area contributed by atoms with Crippen LogP contribution in [0.15, 0.2) is 54.6 Å². The molecule has 0 bridgehead atoms. The number of nitrogens with zero attached hydrogens (tertiary/aromatic N) is 1. The molecule has 0 saturated heterocycles. The minimum atomic E-state index is -3.50. The fourth-order valence-corrected chi connectivity index (χ4v) is 3.99. The summed E-state index contributed by atoms with van der Waals surface area (Å²) in [6.45, 7) is 2.54. The Morgan fingerprint density at radius 1 is 1.11 bits per heavy atom. The van der Waals surface area contributed by atoms with Gasteiger partial charge in [-0.25, -0.2) is 8.42 Å². The van der Waals surface area contributed by atoms with Gasteiger partial charge in [-0.05, 0) is 18.1 Å². The maximum atomic E-state index is 12.7. The SMILES string of the molecule is Cc1ccc(CSCCNC(=O)[C@H](c2ccccc2)N(C)S(C)(=O)=O)cc1. The van der Waals surface area contributed by atoms with E-state index in [1.165, 1.54) is 18.2 Å². The highest BCUT2D eigenvalue weighted by molar-refractivity contribution is 7.98. The molecule has 0 heterocycles. The summed E-state index contributed by atoms with van der Waals surface area (Å²) in [7, 11) is -2.07. The molecule has 27 heavy (non-hydrogen) atoms. The van der Waals surface area contributed by atoms with Gasteiger partial charge in [0, 0.05) is 25.1 Å². The van der Waals surface area contributed by atoms with Crippen molar-refractivity contribution in [3.63, 3.8) is 0 Å². The van der Waals surface area contributed by atoms with Gasteiger partial charge in [0.2, 0.25) is 15.9 Å². The molecule has 0 radical (unpaired) electrons. The van der Waals surface area contributed by atoms with Crippen molar-refractivity contribution in [1.82, 2.24) is 9.62 Å². The van der Waals surface area contributed by atoms with Gasteiger partial charge >= 0.3 is 0 Å². The lowest BCUT2D eigenvalue weighted by Crippen LogP contribution is -2.41. The smallest absolute Gasteiger partial charge is 0.243 e. The molecule has 146 valence electrons. The summed E-state index contributed by atoms with van der Waals surface area (Å²) in [5.74, 6) is 1.32. The minimum Gasteiger partial charge on any atom is -0.354 e. The van der Waals surface area contributed by atoms with Crippen molar-refractivity contribution in [2.45, 2.75) is 18.7 Å². The number of rotatable bonds is 9. The molecule has 2 aromatic rings. The van der Waals surface area contributed by atoms with E-state index in [9.17, 15) is 13.2 Å². The van der Waals surface area contributed by atoms with Gasteiger partial charge in [-0.15, -0.1) is 0 Å². The topological polar surface area (TPSA) is 66.5 Å². The van der Waals surface area contributed by atoms with Gasteiger partial charge in [-0.2, -0.15) is 16.1 Å². The lowest BCUT2D eigenvalue weighted by atomic mass is 10.1. The Hall–Kier alpha value is -1.83. The first-order valence-electron chi connectivity index (χ1n) is 8.68. The number of aryl methyl sites for hydroxylation is 1. The van der Waals surface area contributed by atoms with E-state index in [0.29, 0.717) is 12.1 Å². The molecule has 1 atom stereocenters. The highest BCUT2D eigenvalue weighted by Gasteiger charge is 2.30. The van der Waals surface area contributed by atoms with Crippen LogP contribution in [0.4, 0.5) is 0 Å². The van der Waals surface area contributed by atoms with Gasteiger partial charge in [-0.1, -0.05) is 60.2 Å². The van der Waals surface area contributed by atoms with Gasteiger partial charge in [-0.3, -0.25) is 4.79 Å². The molecule has 1 amide bonds. The van der Waals surface area contributed by atoms with Crippen LogP contribution in [0.25, 0.3) is 0 Å². The Morgan fingerprint density at radius 3 is 2.33 bits per heavy atom. The molecule has 0 saturated carbocycles. The first kappa shape index (κ1) is 21.5. The zero-order valence-electron chi connectivity index (χ0n) is 15.9. The Balaban J connectivity index is 1.91. The van der Waals surface area contributed by atoms with E-state index >= 15 is 0 Å². The van der Waals surface area contributed by atoms with Crippen LogP contribution in [-0.4, -0.2) is 44.2 Å². The molecule has 1 N–H and O–H groups in total. The average Bonchev–Trinajstić information content (AvgIpc) is 2.63. The fourth-order valence-electron chi connectivity index (χ4n) is 2.57. The second kappa shape index (κ2) is 9.92. The molecule has 2 aromatic carbocycles. The Labute approximate surface area is 166 Å². The van der Waals surface area contributed by atoms with Crippen LogP contribution >= 0.6 is 11.8 Å². The summed E-state index contributed by atoms with van der Waals surface area (Å²) >= 11 is 1.73. The van der Waals surface area contributed by atoms with Crippen molar-refractivity contribution < 1.29 is 13.2 Å². The fraction of sp³-hybridized carbons (Fsp3) is 0.350. The van der Waals surface area contributed by atoms with E-state index in [2.05, 4.69) is 36.5 Å². The molecule has 7 heteroatoms. The van der Waals surface area contributed by atoms with Crippen molar-refractivity contribution in [2.75, 3.05) is 25.6 Å². The average molecular weight is 407 g/mol. The lowest BCUT2D eigenvalue weighted by molar-refractivity contribution is -0.124. The van der Waals surface area contributed by atoms with Gasteiger partial charge in [0.15, 0.2) is 0 Å². The highest BCUT2D eigenvalue weighted by atomic mass is 32.2. The van der Waals surface area contributed by atoms with Crippen molar-refractivity contribution in [3.05, 3.63) is 71.3 Å². The molecular weight excluding hydrogens is 380 g/mol. The van der Waals surface area contributed by atoms with E-state index in [0.717, 1.165) is 22.1 Å². The van der Waals surface area contributed by atoms with Crippen molar-refractivity contribution in [1.29, 1.82) is 0 Å². The third-order valence-corrected chi connectivity index (χ3v) is 6.47. The molecule has 0 aliphatic carbocycles. The molecule has 0 aromatic heterocycles. The summed E-state index contributed by atoms with van der Waals surface area (Å²) in [4.78, 5) is 12.7. The molecule has 0 aliphatic heterocycles. The maximum Gasteiger partial charge on any atom is 0.243 e. The number of thioether (sulfide) groups is 1. The quantitative estimate of drug-likeness (QED) is 0.650. The third kappa shape index (κ3) is 6.68. The van der Waals surface area contributed by atoms with Crippen LogP contribution < -0.4 is 5.32 Å². The minimum absolute atomic E-state index is 0.315. The number of nitrogens with one attached hydrogen (secondary N) is 1. The van der Waals surface area contributed by atoms with E-state index in [-0.39, 0.29) is 5.91 Å². The van der Waals surface area contributed by atoms with Gasteiger partial charge in [0.05, 0.1) is 6.26 Å². The van der Waals surface area contributed by atoms with Gasteiger partial charge < -0.3 is 5.32 Å². The molecular formula is C20H26N2O3S2. The number of carbonyl (C=O) groups excluding carboxylic acids is 1. The second-order valence-corrected chi connectivity index (χ2v) is 9.57. The standard InChI is InChI=1S/C20H26N2O3S2/c1-16-9-11-17(12-10-16)15-26-14-13-21-20(23)19(22(2)27(3,24)25)18-7-5-4-6-8-18/h4-12,19H,13-15H2,1-3H3,(H,21,23)/t19-/m0/s1. The van der Waals surface area contributed by atoms with E-state index < -0.39 is 16.1 Å². The van der Waals surface area contributed by atoms with Crippen molar-refractivity contribution >= 4 is 27.7 Å². The number of benzene rings is 2. The molecule has 0 aliphatic rings. The Kier molecular flexibility index (Phi) is 7.89. The highest BCUT2D eigenvalue weighted by Crippen LogP contribution is 2.22. The van der Waals surface area contributed by atoms with E-state index in [4.69, 9.17) is 0 Å². The third-order valence-electron chi connectivity index (χ3n) is 4.19. The summed E-state index contributed by atoms with van der Waals surface area (Å²) in [5, 5.41) is 2.86. The van der Waals surface area contributed by atoms with Crippen LogP contribution in [0.3, 0.4) is 0 Å². The van der Waals surface area contributed by atoms with Crippen molar-refractivity contribution in [2.24, 2.45) is 0 Å². The normalized spacial score (nSPS) is 12.7. The number of hydrogen-bond donors (Lipinski definition) is 1. The first-order chi connectivity index (χ1) is 12.8. The van der Waals surface area contributed by atoms with E-state index in [1.54, 1.807) is 36.0 Å².